The average Bonchev–Trinajstić information content (AvgIpc) is 3.35. The quantitative estimate of drug-likeness (QED) is 0.483. The average molecular weight is 459 g/mol. The van der Waals surface area contributed by atoms with E-state index in [1.54, 1.807) is 4.90 Å². The molecule has 3 aromatic rings. The van der Waals surface area contributed by atoms with Crippen LogP contribution >= 0.6 is 0 Å². The van der Waals surface area contributed by atoms with Crippen molar-refractivity contribution in [2.24, 2.45) is 0 Å². The van der Waals surface area contributed by atoms with Gasteiger partial charge in [0, 0.05) is 18.5 Å². The molecule has 9 heteroatoms. The summed E-state index contributed by atoms with van der Waals surface area (Å²) in [6.07, 6.45) is -3.89. The Morgan fingerprint density at radius 2 is 1.73 bits per heavy atom. The number of likely N-dealkylation sites (tertiary alicyclic amines) is 1. The van der Waals surface area contributed by atoms with Crippen molar-refractivity contribution in [1.82, 2.24) is 15.0 Å². The molecule has 1 saturated heterocycles. The number of hydrogen-bond acceptors (Lipinski definition) is 5. The van der Waals surface area contributed by atoms with Crippen LogP contribution in [0.15, 0.2) is 53.1 Å². The van der Waals surface area contributed by atoms with E-state index in [1.165, 1.54) is 29.8 Å². The standard InChI is InChI=1S/C24H24F3N3O3/c1-23(2,3)17-8-6-16(7-9-17)21-28-22(33-29-21)19-12-13-20(31)30(19)14-15-4-10-18(11-5-15)32-24(25,26)27/h4-11,19H,12-14H2,1-3H3. The lowest BCUT2D eigenvalue weighted by Gasteiger charge is -2.22. The molecule has 0 spiro atoms. The topological polar surface area (TPSA) is 68.5 Å². The Kier molecular flexibility index (Phi) is 5.90. The van der Waals surface area contributed by atoms with E-state index in [4.69, 9.17) is 4.52 Å². The summed E-state index contributed by atoms with van der Waals surface area (Å²) in [5, 5.41) is 4.09. The van der Waals surface area contributed by atoms with Crippen LogP contribution in [0.3, 0.4) is 0 Å². The molecule has 4 rings (SSSR count). The lowest BCUT2D eigenvalue weighted by molar-refractivity contribution is -0.274. The van der Waals surface area contributed by atoms with Crippen LogP contribution < -0.4 is 4.74 Å². The van der Waals surface area contributed by atoms with E-state index in [9.17, 15) is 18.0 Å². The van der Waals surface area contributed by atoms with Crippen molar-refractivity contribution in [3.05, 3.63) is 65.5 Å². The first-order chi connectivity index (χ1) is 15.5. The van der Waals surface area contributed by atoms with Gasteiger partial charge in [-0.1, -0.05) is 62.3 Å². The Labute approximate surface area is 189 Å². The minimum atomic E-state index is -4.75. The molecule has 1 unspecified atom stereocenters. The first-order valence-electron chi connectivity index (χ1n) is 10.6. The zero-order chi connectivity index (χ0) is 23.8. The molecule has 1 aliphatic rings. The van der Waals surface area contributed by atoms with Gasteiger partial charge in [0.15, 0.2) is 0 Å². The van der Waals surface area contributed by atoms with Crippen LogP contribution in [0.5, 0.6) is 5.75 Å². The summed E-state index contributed by atoms with van der Waals surface area (Å²) in [5.74, 6) is 0.394. The lowest BCUT2D eigenvalue weighted by Crippen LogP contribution is -2.27. The minimum absolute atomic E-state index is 0.0305. The Hall–Kier alpha value is -3.36. The van der Waals surface area contributed by atoms with Crippen LogP contribution in [0.25, 0.3) is 11.4 Å². The summed E-state index contributed by atoms with van der Waals surface area (Å²) in [5.41, 5.74) is 2.70. The van der Waals surface area contributed by atoms with Gasteiger partial charge < -0.3 is 14.2 Å². The summed E-state index contributed by atoms with van der Waals surface area (Å²) >= 11 is 0. The summed E-state index contributed by atoms with van der Waals surface area (Å²) in [4.78, 5) is 18.6. The predicted molar refractivity (Wildman–Crippen MR) is 114 cm³/mol. The van der Waals surface area contributed by atoms with E-state index < -0.39 is 12.4 Å². The number of halogens is 3. The van der Waals surface area contributed by atoms with E-state index in [2.05, 4.69) is 35.6 Å². The van der Waals surface area contributed by atoms with Crippen LogP contribution in [0.4, 0.5) is 13.2 Å². The van der Waals surface area contributed by atoms with Gasteiger partial charge in [-0.3, -0.25) is 4.79 Å². The van der Waals surface area contributed by atoms with Gasteiger partial charge in [0.2, 0.25) is 17.6 Å². The van der Waals surface area contributed by atoms with Crippen molar-refractivity contribution < 1.29 is 27.2 Å². The highest BCUT2D eigenvalue weighted by atomic mass is 19.4. The number of hydrogen-bond donors (Lipinski definition) is 0. The molecule has 1 aromatic heterocycles. The fourth-order valence-corrected chi connectivity index (χ4v) is 3.79. The lowest BCUT2D eigenvalue weighted by atomic mass is 9.87. The molecule has 174 valence electrons. The van der Waals surface area contributed by atoms with Gasteiger partial charge in [-0.05, 0) is 35.1 Å². The molecule has 0 bridgehead atoms. The van der Waals surface area contributed by atoms with Gasteiger partial charge in [0.05, 0.1) is 0 Å². The van der Waals surface area contributed by atoms with Crippen LogP contribution in [0, 0.1) is 0 Å². The number of carbonyl (C=O) groups excluding carboxylic acids is 1. The van der Waals surface area contributed by atoms with Gasteiger partial charge in [-0.25, -0.2) is 0 Å². The minimum Gasteiger partial charge on any atom is -0.406 e. The number of rotatable bonds is 5. The summed E-state index contributed by atoms with van der Waals surface area (Å²) in [6.45, 7) is 6.62. The van der Waals surface area contributed by atoms with E-state index in [-0.39, 0.29) is 23.6 Å². The van der Waals surface area contributed by atoms with Crippen molar-refractivity contribution in [3.63, 3.8) is 0 Å². The molecule has 0 N–H and O–H groups in total. The second-order valence-corrected chi connectivity index (χ2v) is 9.05. The maximum absolute atomic E-state index is 12.5. The molecule has 0 saturated carbocycles. The van der Waals surface area contributed by atoms with Crippen LogP contribution in [-0.2, 0) is 16.8 Å². The molecule has 33 heavy (non-hydrogen) atoms. The van der Waals surface area contributed by atoms with Crippen molar-refractivity contribution in [2.75, 3.05) is 0 Å². The van der Waals surface area contributed by atoms with Crippen molar-refractivity contribution >= 4 is 5.91 Å². The largest absolute Gasteiger partial charge is 0.573 e. The van der Waals surface area contributed by atoms with E-state index in [0.29, 0.717) is 30.1 Å². The van der Waals surface area contributed by atoms with Crippen LogP contribution in [0.1, 0.15) is 56.7 Å². The molecule has 1 amide bonds. The predicted octanol–water partition coefficient (Wildman–Crippen LogP) is 5.80. The zero-order valence-electron chi connectivity index (χ0n) is 18.5. The summed E-state index contributed by atoms with van der Waals surface area (Å²) in [7, 11) is 0. The number of aromatic nitrogens is 2. The Balaban J connectivity index is 1.49. The van der Waals surface area contributed by atoms with Crippen molar-refractivity contribution in [3.8, 4) is 17.1 Å². The number of ether oxygens (including phenoxy) is 1. The fourth-order valence-electron chi connectivity index (χ4n) is 3.79. The highest BCUT2D eigenvalue weighted by molar-refractivity contribution is 5.78. The fraction of sp³-hybridized carbons (Fsp3) is 0.375. The third-order valence-corrected chi connectivity index (χ3v) is 5.57. The van der Waals surface area contributed by atoms with Gasteiger partial charge in [0.25, 0.3) is 0 Å². The van der Waals surface area contributed by atoms with Gasteiger partial charge in [0.1, 0.15) is 11.8 Å². The normalized spacial score (nSPS) is 17.0. The highest BCUT2D eigenvalue weighted by Crippen LogP contribution is 2.35. The molecular formula is C24H24F3N3O3. The first-order valence-corrected chi connectivity index (χ1v) is 10.6. The van der Waals surface area contributed by atoms with Gasteiger partial charge in [-0.15, -0.1) is 13.2 Å². The number of nitrogens with zero attached hydrogens (tertiary/aromatic N) is 3. The van der Waals surface area contributed by atoms with Crippen molar-refractivity contribution in [2.45, 2.75) is 58.0 Å². The van der Waals surface area contributed by atoms with Crippen molar-refractivity contribution in [1.29, 1.82) is 0 Å². The van der Waals surface area contributed by atoms with E-state index in [1.807, 2.05) is 24.3 Å². The molecule has 1 atom stereocenters. The molecule has 0 radical (unpaired) electrons. The SMILES string of the molecule is CC(C)(C)c1ccc(-c2noc(C3CCC(=O)N3Cc3ccc(OC(F)(F)F)cc3)n2)cc1. The molecule has 2 aromatic carbocycles. The summed E-state index contributed by atoms with van der Waals surface area (Å²) < 4.78 is 46.5. The Morgan fingerprint density at radius 3 is 2.33 bits per heavy atom. The maximum atomic E-state index is 12.5. The second kappa shape index (κ2) is 8.53. The van der Waals surface area contributed by atoms with Crippen LogP contribution in [0.2, 0.25) is 0 Å². The molecule has 6 nitrogen and oxygen atoms in total. The van der Waals surface area contributed by atoms with Gasteiger partial charge in [-0.2, -0.15) is 4.98 Å². The molecular weight excluding hydrogens is 435 g/mol. The Morgan fingerprint density at radius 1 is 1.06 bits per heavy atom. The van der Waals surface area contributed by atoms with Gasteiger partial charge >= 0.3 is 6.36 Å². The number of carbonyl (C=O) groups is 1. The second-order valence-electron chi connectivity index (χ2n) is 9.05. The molecule has 2 heterocycles. The first kappa shape index (κ1) is 22.8. The number of alkyl halides is 3. The highest BCUT2D eigenvalue weighted by Gasteiger charge is 2.36. The monoisotopic (exact) mass is 459 g/mol. The van der Waals surface area contributed by atoms with E-state index >= 15 is 0 Å². The number of benzene rings is 2. The third-order valence-electron chi connectivity index (χ3n) is 5.57. The van der Waals surface area contributed by atoms with Crippen LogP contribution in [-0.4, -0.2) is 27.3 Å². The zero-order valence-corrected chi connectivity index (χ0v) is 18.5. The summed E-state index contributed by atoms with van der Waals surface area (Å²) in [6, 6.07) is 13.0. The molecule has 0 aliphatic carbocycles. The Bertz CT molecular complexity index is 1120. The molecule has 1 aliphatic heterocycles. The third kappa shape index (κ3) is 5.35. The number of amides is 1. The molecule has 1 fully saturated rings. The smallest absolute Gasteiger partial charge is 0.406 e. The maximum Gasteiger partial charge on any atom is 0.573 e. The van der Waals surface area contributed by atoms with E-state index in [0.717, 1.165) is 5.56 Å².